The first kappa shape index (κ1) is 22.4. The van der Waals surface area contributed by atoms with Gasteiger partial charge in [-0.1, -0.05) is 32.6 Å². The van der Waals surface area contributed by atoms with Crippen molar-refractivity contribution in [1.29, 1.82) is 0 Å². The minimum absolute atomic E-state index is 0.0503. The molecule has 0 N–H and O–H groups in total. The zero-order chi connectivity index (χ0) is 20.5. The Labute approximate surface area is 167 Å². The predicted octanol–water partition coefficient (Wildman–Crippen LogP) is 2.46. The van der Waals surface area contributed by atoms with E-state index in [1.807, 2.05) is 0 Å². The van der Waals surface area contributed by atoms with Gasteiger partial charge in [0.05, 0.1) is 6.04 Å². The summed E-state index contributed by atoms with van der Waals surface area (Å²) in [7, 11) is 0. The highest BCUT2D eigenvalue weighted by atomic mass is 16.5. The van der Waals surface area contributed by atoms with Gasteiger partial charge in [0, 0.05) is 26.4 Å². The largest absolute Gasteiger partial charge is 0.458 e. The zero-order valence-electron chi connectivity index (χ0n) is 17.3. The molecule has 28 heavy (non-hydrogen) atoms. The lowest BCUT2D eigenvalue weighted by molar-refractivity contribution is -0.150. The van der Waals surface area contributed by atoms with Crippen LogP contribution < -0.4 is 0 Å². The Bertz CT molecular complexity index is 577. The van der Waals surface area contributed by atoms with Gasteiger partial charge in [0.2, 0.25) is 11.8 Å². The minimum Gasteiger partial charge on any atom is -0.458 e. The highest BCUT2D eigenvalue weighted by Gasteiger charge is 2.41. The van der Waals surface area contributed by atoms with Gasteiger partial charge in [0.25, 0.3) is 0 Å². The van der Waals surface area contributed by atoms with E-state index in [0.29, 0.717) is 32.4 Å². The summed E-state index contributed by atoms with van der Waals surface area (Å²) in [6.45, 7) is 4.26. The summed E-state index contributed by atoms with van der Waals surface area (Å²) >= 11 is 0. The fourth-order valence-electron chi connectivity index (χ4n) is 4.17. The molecule has 7 heteroatoms. The van der Waals surface area contributed by atoms with Gasteiger partial charge in [0.1, 0.15) is 6.04 Å². The number of Topliss-reactive ketones (excluding diaryl/α,β-unsaturated/α-hetero) is 1. The van der Waals surface area contributed by atoms with Crippen molar-refractivity contribution in [3.05, 3.63) is 0 Å². The molecule has 0 aromatic carbocycles. The summed E-state index contributed by atoms with van der Waals surface area (Å²) < 4.78 is 4.81. The standard InChI is InChI=1S/C21H34N2O5/c1-3-4-5-6-7-12-20(26)22-13-9-11-18(22)21(27)23-14-8-10-17(23)19(25)15-28-16(2)24/h17-18H,3-15H2,1-2H3/t17-,18-/m0/s1. The van der Waals surface area contributed by atoms with Gasteiger partial charge in [-0.25, -0.2) is 0 Å². The van der Waals surface area contributed by atoms with Crippen LogP contribution in [0.25, 0.3) is 0 Å². The molecular formula is C21H34N2O5. The van der Waals surface area contributed by atoms with Crippen molar-refractivity contribution in [2.24, 2.45) is 0 Å². The lowest BCUT2D eigenvalue weighted by atomic mass is 10.1. The number of likely N-dealkylation sites (tertiary alicyclic amines) is 2. The van der Waals surface area contributed by atoms with Gasteiger partial charge >= 0.3 is 5.97 Å². The minimum atomic E-state index is -0.543. The number of rotatable bonds is 10. The van der Waals surface area contributed by atoms with E-state index in [-0.39, 0.29) is 24.2 Å². The summed E-state index contributed by atoms with van der Waals surface area (Å²) in [6, 6.07) is -0.997. The van der Waals surface area contributed by atoms with Crippen LogP contribution in [0.5, 0.6) is 0 Å². The Morgan fingerprint density at radius 2 is 1.54 bits per heavy atom. The maximum atomic E-state index is 13.1. The first-order valence-electron chi connectivity index (χ1n) is 10.7. The molecule has 2 saturated heterocycles. The van der Waals surface area contributed by atoms with Crippen molar-refractivity contribution in [3.63, 3.8) is 0 Å². The number of esters is 1. The summed E-state index contributed by atoms with van der Waals surface area (Å²) in [6.07, 6.45) is 8.72. The average molecular weight is 395 g/mol. The first-order chi connectivity index (χ1) is 13.5. The SMILES string of the molecule is CCCCCCCC(=O)N1CCC[C@H]1C(=O)N1CCC[C@H]1C(=O)COC(C)=O. The average Bonchev–Trinajstić information content (AvgIpc) is 3.34. The lowest BCUT2D eigenvalue weighted by Gasteiger charge is -2.31. The summed E-state index contributed by atoms with van der Waals surface area (Å²) in [5, 5.41) is 0. The van der Waals surface area contributed by atoms with Crippen LogP contribution in [0.4, 0.5) is 0 Å². The van der Waals surface area contributed by atoms with Gasteiger partial charge in [-0.05, 0) is 32.1 Å². The third-order valence-electron chi connectivity index (χ3n) is 5.68. The van der Waals surface area contributed by atoms with Crippen molar-refractivity contribution in [2.45, 2.75) is 90.1 Å². The second kappa shape index (κ2) is 11.2. The molecule has 2 aliphatic rings. The monoisotopic (exact) mass is 394 g/mol. The number of ether oxygens (including phenoxy) is 1. The molecule has 0 radical (unpaired) electrons. The number of hydrogen-bond acceptors (Lipinski definition) is 5. The third kappa shape index (κ3) is 6.04. The van der Waals surface area contributed by atoms with Crippen LogP contribution in [0.2, 0.25) is 0 Å². The van der Waals surface area contributed by atoms with E-state index in [1.165, 1.54) is 19.8 Å². The van der Waals surface area contributed by atoms with Gasteiger partial charge in [0.15, 0.2) is 12.4 Å². The molecule has 2 amide bonds. The van der Waals surface area contributed by atoms with E-state index >= 15 is 0 Å². The topological polar surface area (TPSA) is 84.0 Å². The fourth-order valence-corrected chi connectivity index (χ4v) is 4.17. The van der Waals surface area contributed by atoms with E-state index in [2.05, 4.69) is 6.92 Å². The molecule has 0 bridgehead atoms. The molecule has 2 aliphatic heterocycles. The second-order valence-corrected chi connectivity index (χ2v) is 7.85. The van der Waals surface area contributed by atoms with Gasteiger partial charge in [-0.15, -0.1) is 0 Å². The molecule has 2 atom stereocenters. The van der Waals surface area contributed by atoms with Gasteiger partial charge < -0.3 is 14.5 Å². The molecule has 0 saturated carbocycles. The van der Waals surface area contributed by atoms with Gasteiger partial charge in [-0.2, -0.15) is 0 Å². The summed E-state index contributed by atoms with van der Waals surface area (Å²) in [5.41, 5.74) is 0. The number of ketones is 1. The molecule has 0 aliphatic carbocycles. The molecule has 2 rings (SSSR count). The van der Waals surface area contributed by atoms with E-state index in [1.54, 1.807) is 9.80 Å². The molecule has 0 aromatic heterocycles. The molecule has 0 aromatic rings. The second-order valence-electron chi connectivity index (χ2n) is 7.85. The van der Waals surface area contributed by atoms with Crippen LogP contribution in [-0.4, -0.2) is 65.1 Å². The molecular weight excluding hydrogens is 360 g/mol. The number of hydrogen-bond donors (Lipinski definition) is 0. The number of amides is 2. The van der Waals surface area contributed by atoms with Crippen LogP contribution >= 0.6 is 0 Å². The van der Waals surface area contributed by atoms with Crippen molar-refractivity contribution in [3.8, 4) is 0 Å². The Kier molecular flexibility index (Phi) is 8.93. The Morgan fingerprint density at radius 3 is 2.21 bits per heavy atom. The van der Waals surface area contributed by atoms with Gasteiger partial charge in [-0.3, -0.25) is 19.2 Å². The highest BCUT2D eigenvalue weighted by Crippen LogP contribution is 2.26. The molecule has 2 heterocycles. The number of unbranched alkanes of at least 4 members (excludes halogenated alkanes) is 4. The van der Waals surface area contributed by atoms with Crippen molar-refractivity contribution in [1.82, 2.24) is 9.80 Å². The lowest BCUT2D eigenvalue weighted by Crippen LogP contribution is -2.51. The number of carbonyl (C=O) groups excluding carboxylic acids is 4. The Hall–Kier alpha value is -1.92. The first-order valence-corrected chi connectivity index (χ1v) is 10.7. The maximum absolute atomic E-state index is 13.1. The Balaban J connectivity index is 1.90. The van der Waals surface area contributed by atoms with E-state index in [9.17, 15) is 19.2 Å². The molecule has 7 nitrogen and oxygen atoms in total. The maximum Gasteiger partial charge on any atom is 0.303 e. The van der Waals surface area contributed by atoms with Crippen LogP contribution in [0, 0.1) is 0 Å². The molecule has 2 fully saturated rings. The van der Waals surface area contributed by atoms with Crippen molar-refractivity contribution < 1.29 is 23.9 Å². The van der Waals surface area contributed by atoms with Crippen LogP contribution in [-0.2, 0) is 23.9 Å². The molecule has 0 unspecified atom stereocenters. The van der Waals surface area contributed by atoms with Crippen molar-refractivity contribution in [2.75, 3.05) is 19.7 Å². The predicted molar refractivity (Wildman–Crippen MR) is 104 cm³/mol. The van der Waals surface area contributed by atoms with E-state index < -0.39 is 18.1 Å². The number of nitrogens with zero attached hydrogens (tertiary/aromatic N) is 2. The summed E-state index contributed by atoms with van der Waals surface area (Å²) in [5.74, 6) is -0.826. The van der Waals surface area contributed by atoms with Crippen LogP contribution in [0.15, 0.2) is 0 Å². The zero-order valence-corrected chi connectivity index (χ0v) is 17.3. The normalized spacial score (nSPS) is 21.8. The van der Waals surface area contributed by atoms with Crippen LogP contribution in [0.1, 0.15) is 78.1 Å². The Morgan fingerprint density at radius 1 is 0.893 bits per heavy atom. The number of carbonyl (C=O) groups is 4. The van der Waals surface area contributed by atoms with E-state index in [4.69, 9.17) is 4.74 Å². The molecule has 158 valence electrons. The summed E-state index contributed by atoms with van der Waals surface area (Å²) in [4.78, 5) is 52.4. The van der Waals surface area contributed by atoms with Crippen LogP contribution in [0.3, 0.4) is 0 Å². The van der Waals surface area contributed by atoms with E-state index in [0.717, 1.165) is 32.1 Å². The van der Waals surface area contributed by atoms with Crippen molar-refractivity contribution >= 4 is 23.6 Å². The quantitative estimate of drug-likeness (QED) is 0.420. The highest BCUT2D eigenvalue weighted by molar-refractivity contribution is 5.94. The third-order valence-corrected chi connectivity index (χ3v) is 5.68. The fraction of sp³-hybridized carbons (Fsp3) is 0.810. The molecule has 0 spiro atoms. The smallest absolute Gasteiger partial charge is 0.303 e.